The lowest BCUT2D eigenvalue weighted by atomic mass is 9.98. The molecule has 0 spiro atoms. The maximum absolute atomic E-state index is 12.5. The molecule has 3 N–H and O–H groups in total. The van der Waals surface area contributed by atoms with Crippen molar-refractivity contribution in [1.29, 1.82) is 0 Å². The van der Waals surface area contributed by atoms with Crippen LogP contribution in [-0.2, 0) is 20.7 Å². The van der Waals surface area contributed by atoms with Gasteiger partial charge in [-0.3, -0.25) is 4.79 Å². The van der Waals surface area contributed by atoms with Crippen LogP contribution in [0.5, 0.6) is 0 Å². The molecule has 0 aliphatic heterocycles. The van der Waals surface area contributed by atoms with Crippen molar-refractivity contribution in [2.75, 3.05) is 11.9 Å². The first-order chi connectivity index (χ1) is 15.9. The third kappa shape index (κ3) is 5.03. The van der Waals surface area contributed by atoms with E-state index in [1.807, 2.05) is 48.5 Å². The standard InChI is InChI=1S/C26H24N2O5/c1-16(29)27-18-8-6-7-17(13-18)14-24(25(30)31)28-26(32)33-15-23-21-11-4-2-9-19(21)20-10-3-5-12-22(20)23/h2-13,23-24H,14-15H2,1H3,(H,27,29)(H,28,32)(H,30,31)/t24-/m1/s1. The van der Waals surface area contributed by atoms with Crippen LogP contribution in [0.15, 0.2) is 72.8 Å². The highest BCUT2D eigenvalue weighted by Gasteiger charge is 2.29. The number of carboxylic acid groups (broad SMARTS) is 1. The first kappa shape index (κ1) is 22.1. The highest BCUT2D eigenvalue weighted by Crippen LogP contribution is 2.44. The molecule has 0 heterocycles. The van der Waals surface area contributed by atoms with Crippen LogP contribution >= 0.6 is 0 Å². The lowest BCUT2D eigenvalue weighted by Gasteiger charge is -2.18. The molecular formula is C26H24N2O5. The zero-order chi connectivity index (χ0) is 23.4. The van der Waals surface area contributed by atoms with Crippen molar-refractivity contribution in [2.45, 2.75) is 25.3 Å². The summed E-state index contributed by atoms with van der Waals surface area (Å²) < 4.78 is 5.46. The Morgan fingerprint density at radius 2 is 1.58 bits per heavy atom. The molecule has 0 unspecified atom stereocenters. The Bertz CT molecular complexity index is 1160. The highest BCUT2D eigenvalue weighted by molar-refractivity contribution is 5.88. The van der Waals surface area contributed by atoms with Crippen LogP contribution in [0.4, 0.5) is 10.5 Å². The van der Waals surface area contributed by atoms with E-state index in [1.54, 1.807) is 24.3 Å². The third-order valence-corrected chi connectivity index (χ3v) is 5.62. The number of benzene rings is 3. The summed E-state index contributed by atoms with van der Waals surface area (Å²) in [5, 5.41) is 14.7. The number of aliphatic carboxylic acids is 1. The van der Waals surface area contributed by atoms with Gasteiger partial charge in [-0.25, -0.2) is 9.59 Å². The fourth-order valence-electron chi connectivity index (χ4n) is 4.20. The summed E-state index contributed by atoms with van der Waals surface area (Å²) in [4.78, 5) is 35.5. The first-order valence-electron chi connectivity index (χ1n) is 10.6. The highest BCUT2D eigenvalue weighted by atomic mass is 16.5. The summed E-state index contributed by atoms with van der Waals surface area (Å²) in [6.45, 7) is 1.50. The average molecular weight is 444 g/mol. The molecule has 1 aliphatic rings. The number of ether oxygens (including phenoxy) is 1. The summed E-state index contributed by atoms with van der Waals surface area (Å²) >= 11 is 0. The van der Waals surface area contributed by atoms with Crippen molar-refractivity contribution in [3.8, 4) is 11.1 Å². The number of carbonyl (C=O) groups is 3. The molecule has 3 aromatic rings. The Kier molecular flexibility index (Phi) is 6.40. The molecule has 0 aromatic heterocycles. The Morgan fingerprint density at radius 3 is 2.18 bits per heavy atom. The van der Waals surface area contributed by atoms with E-state index in [0.717, 1.165) is 22.3 Å². The van der Waals surface area contributed by atoms with Gasteiger partial charge >= 0.3 is 12.1 Å². The molecule has 3 aromatic carbocycles. The van der Waals surface area contributed by atoms with Crippen molar-refractivity contribution in [2.24, 2.45) is 0 Å². The van der Waals surface area contributed by atoms with E-state index in [9.17, 15) is 19.5 Å². The molecule has 0 radical (unpaired) electrons. The summed E-state index contributed by atoms with van der Waals surface area (Å²) in [7, 11) is 0. The second kappa shape index (κ2) is 9.56. The largest absolute Gasteiger partial charge is 0.480 e. The maximum atomic E-state index is 12.5. The van der Waals surface area contributed by atoms with Gasteiger partial charge in [0.1, 0.15) is 12.6 Å². The topological polar surface area (TPSA) is 105 Å². The van der Waals surface area contributed by atoms with Gasteiger partial charge in [0.15, 0.2) is 0 Å². The number of hydrogen-bond acceptors (Lipinski definition) is 4. The molecule has 168 valence electrons. The molecule has 7 nitrogen and oxygen atoms in total. The smallest absolute Gasteiger partial charge is 0.407 e. The monoisotopic (exact) mass is 444 g/mol. The predicted octanol–water partition coefficient (Wildman–Crippen LogP) is 4.18. The molecule has 0 saturated carbocycles. The second-order valence-corrected chi connectivity index (χ2v) is 7.95. The normalized spacial score (nSPS) is 12.9. The van der Waals surface area contributed by atoms with Gasteiger partial charge in [0.2, 0.25) is 5.91 Å². The van der Waals surface area contributed by atoms with Gasteiger partial charge in [-0.15, -0.1) is 0 Å². The van der Waals surface area contributed by atoms with Crippen LogP contribution in [0.2, 0.25) is 0 Å². The van der Waals surface area contributed by atoms with E-state index in [1.165, 1.54) is 6.92 Å². The lowest BCUT2D eigenvalue weighted by Crippen LogP contribution is -2.42. The predicted molar refractivity (Wildman–Crippen MR) is 124 cm³/mol. The van der Waals surface area contributed by atoms with Crippen LogP contribution in [0.25, 0.3) is 11.1 Å². The van der Waals surface area contributed by atoms with Gasteiger partial charge in [0, 0.05) is 24.9 Å². The number of hydrogen-bond donors (Lipinski definition) is 3. The van der Waals surface area contributed by atoms with E-state index >= 15 is 0 Å². The van der Waals surface area contributed by atoms with Gasteiger partial charge < -0.3 is 20.5 Å². The fourth-order valence-corrected chi connectivity index (χ4v) is 4.20. The van der Waals surface area contributed by atoms with Crippen molar-refractivity contribution in [3.05, 3.63) is 89.5 Å². The third-order valence-electron chi connectivity index (χ3n) is 5.62. The van der Waals surface area contributed by atoms with E-state index in [2.05, 4.69) is 10.6 Å². The SMILES string of the molecule is CC(=O)Nc1cccc(C[C@@H](NC(=O)OCC2c3ccccc3-c3ccccc32)C(=O)O)c1. The van der Waals surface area contributed by atoms with Gasteiger partial charge in [-0.2, -0.15) is 0 Å². The van der Waals surface area contributed by atoms with Crippen molar-refractivity contribution in [1.82, 2.24) is 5.32 Å². The Hall–Kier alpha value is -4.13. The second-order valence-electron chi connectivity index (χ2n) is 7.95. The summed E-state index contributed by atoms with van der Waals surface area (Å²) in [5.74, 6) is -1.51. The molecule has 4 rings (SSSR count). The van der Waals surface area contributed by atoms with E-state index in [0.29, 0.717) is 11.3 Å². The molecular weight excluding hydrogens is 420 g/mol. The number of anilines is 1. The summed E-state index contributed by atoms with van der Waals surface area (Å²) in [5.41, 5.74) is 5.61. The van der Waals surface area contributed by atoms with Crippen LogP contribution in [0.3, 0.4) is 0 Å². The summed E-state index contributed by atoms with van der Waals surface area (Å²) in [6, 6.07) is 21.6. The number of carboxylic acids is 1. The number of nitrogens with one attached hydrogen (secondary N) is 2. The molecule has 2 amide bonds. The minimum Gasteiger partial charge on any atom is -0.480 e. The van der Waals surface area contributed by atoms with E-state index in [-0.39, 0.29) is 24.9 Å². The number of rotatable bonds is 7. The minimum atomic E-state index is -1.17. The Morgan fingerprint density at radius 1 is 0.939 bits per heavy atom. The Labute approximate surface area is 191 Å². The molecule has 0 fully saturated rings. The van der Waals surface area contributed by atoms with Crippen LogP contribution < -0.4 is 10.6 Å². The summed E-state index contributed by atoms with van der Waals surface area (Å²) in [6.07, 6.45) is -0.741. The van der Waals surface area contributed by atoms with Crippen molar-refractivity contribution < 1.29 is 24.2 Å². The van der Waals surface area contributed by atoms with Gasteiger partial charge in [0.05, 0.1) is 0 Å². The van der Waals surface area contributed by atoms with Gasteiger partial charge in [0.25, 0.3) is 0 Å². The molecule has 0 bridgehead atoms. The van der Waals surface area contributed by atoms with Crippen LogP contribution in [0, 0.1) is 0 Å². The van der Waals surface area contributed by atoms with Gasteiger partial charge in [-0.05, 0) is 39.9 Å². The molecule has 1 aliphatic carbocycles. The quantitative estimate of drug-likeness (QED) is 0.507. The number of carbonyl (C=O) groups excluding carboxylic acids is 2. The van der Waals surface area contributed by atoms with Crippen LogP contribution in [-0.4, -0.2) is 35.7 Å². The zero-order valence-corrected chi connectivity index (χ0v) is 18.1. The van der Waals surface area contributed by atoms with Crippen molar-refractivity contribution >= 4 is 23.7 Å². The molecule has 7 heteroatoms. The lowest BCUT2D eigenvalue weighted by molar-refractivity contribution is -0.139. The minimum absolute atomic E-state index is 0.0486. The number of fused-ring (bicyclic) bond motifs is 3. The van der Waals surface area contributed by atoms with Crippen molar-refractivity contribution in [3.63, 3.8) is 0 Å². The average Bonchev–Trinajstić information content (AvgIpc) is 3.11. The van der Waals surface area contributed by atoms with Gasteiger partial charge in [-0.1, -0.05) is 60.7 Å². The first-order valence-corrected chi connectivity index (χ1v) is 10.6. The van der Waals surface area contributed by atoms with E-state index in [4.69, 9.17) is 4.74 Å². The zero-order valence-electron chi connectivity index (χ0n) is 18.1. The number of alkyl carbamates (subject to hydrolysis) is 1. The van der Waals surface area contributed by atoms with E-state index < -0.39 is 18.1 Å². The fraction of sp³-hybridized carbons (Fsp3) is 0.192. The number of amides is 2. The molecule has 33 heavy (non-hydrogen) atoms. The molecule has 0 saturated heterocycles. The van der Waals surface area contributed by atoms with Crippen LogP contribution in [0.1, 0.15) is 29.5 Å². The Balaban J connectivity index is 1.41. The molecule has 1 atom stereocenters. The maximum Gasteiger partial charge on any atom is 0.407 e.